The molecule has 92 valence electrons. The van der Waals surface area contributed by atoms with Gasteiger partial charge in [0.1, 0.15) is 13.1 Å². The van der Waals surface area contributed by atoms with E-state index in [0.29, 0.717) is 30.8 Å². The largest absolute Gasteiger partial charge is 0.465 e. The van der Waals surface area contributed by atoms with Gasteiger partial charge in [0.25, 0.3) is 0 Å². The molecule has 6 heteroatoms. The van der Waals surface area contributed by atoms with Gasteiger partial charge >= 0.3 is 11.9 Å². The van der Waals surface area contributed by atoms with Gasteiger partial charge in [0.2, 0.25) is 0 Å². The highest BCUT2D eigenvalue weighted by atomic mass is 16.5. The molecule has 0 atom stereocenters. The lowest BCUT2D eigenvalue weighted by Gasteiger charge is -2.39. The average Bonchev–Trinajstić information content (AvgIpc) is 2.29. The third-order valence-corrected chi connectivity index (χ3v) is 2.80. The average molecular weight is 232 g/mol. The van der Waals surface area contributed by atoms with E-state index < -0.39 is 0 Å². The third kappa shape index (κ3) is 3.46. The zero-order valence-electron chi connectivity index (χ0n) is 9.73. The summed E-state index contributed by atoms with van der Waals surface area (Å²) in [6.07, 6.45) is 0. The summed E-state index contributed by atoms with van der Waals surface area (Å²) >= 11 is 0. The predicted octanol–water partition coefficient (Wildman–Crippen LogP) is -0.821. The van der Waals surface area contributed by atoms with Crippen molar-refractivity contribution in [1.29, 1.82) is 0 Å². The van der Waals surface area contributed by atoms with E-state index >= 15 is 0 Å². The van der Waals surface area contributed by atoms with E-state index in [9.17, 15) is 9.59 Å². The van der Waals surface area contributed by atoms with Crippen LogP contribution < -0.4 is 0 Å². The van der Waals surface area contributed by atoms with Crippen LogP contribution in [0.3, 0.4) is 0 Å². The van der Waals surface area contributed by atoms with Crippen molar-refractivity contribution in [3.8, 4) is 0 Å². The zero-order valence-corrected chi connectivity index (χ0v) is 9.73. The Labute approximate surface area is 94.7 Å². The molecule has 1 saturated heterocycles. The molecule has 1 aliphatic heterocycles. The van der Waals surface area contributed by atoms with E-state index in [2.05, 4.69) is 9.47 Å². The molecule has 0 aromatic rings. The number of methoxy groups -OCH3 is 2. The Balaban J connectivity index is 2.66. The molecule has 6 nitrogen and oxygen atoms in total. The number of ether oxygens (including phenoxy) is 3. The summed E-state index contributed by atoms with van der Waals surface area (Å²) in [5, 5.41) is 0. The molecule has 1 aliphatic rings. The number of rotatable bonds is 4. The fraction of sp³-hybridized carbons (Fsp3) is 0.800. The van der Waals surface area contributed by atoms with Crippen molar-refractivity contribution in [1.82, 2.24) is 0 Å². The second kappa shape index (κ2) is 5.81. The minimum atomic E-state index is -0.314. The maximum Gasteiger partial charge on any atom is 0.361 e. The summed E-state index contributed by atoms with van der Waals surface area (Å²) < 4.78 is 14.9. The molecular formula is C10H18NO5+. The van der Waals surface area contributed by atoms with Crippen LogP contribution in [-0.4, -0.2) is 70.0 Å². The smallest absolute Gasteiger partial charge is 0.361 e. The van der Waals surface area contributed by atoms with Gasteiger partial charge in [-0.3, -0.25) is 0 Å². The summed E-state index contributed by atoms with van der Waals surface area (Å²) in [6.45, 7) is 2.74. The lowest BCUT2D eigenvalue weighted by atomic mass is 10.3. The van der Waals surface area contributed by atoms with Crippen LogP contribution in [-0.2, 0) is 23.8 Å². The van der Waals surface area contributed by atoms with E-state index in [1.54, 1.807) is 0 Å². The number of hydrogen-bond donors (Lipinski definition) is 0. The molecule has 1 rings (SSSR count). The summed E-state index contributed by atoms with van der Waals surface area (Å²) in [5.74, 6) is -0.628. The molecule has 0 bridgehead atoms. The lowest BCUT2D eigenvalue weighted by Crippen LogP contribution is -2.59. The van der Waals surface area contributed by atoms with Crippen LogP contribution in [0.2, 0.25) is 0 Å². The van der Waals surface area contributed by atoms with Crippen LogP contribution in [0, 0.1) is 0 Å². The van der Waals surface area contributed by atoms with Gasteiger partial charge in [-0.05, 0) is 0 Å². The van der Waals surface area contributed by atoms with Crippen LogP contribution >= 0.6 is 0 Å². The molecule has 1 heterocycles. The summed E-state index contributed by atoms with van der Waals surface area (Å²) in [5.41, 5.74) is 0. The fourth-order valence-corrected chi connectivity index (χ4v) is 1.78. The molecule has 0 N–H and O–H groups in total. The molecular weight excluding hydrogens is 214 g/mol. The minimum Gasteiger partial charge on any atom is -0.465 e. The first kappa shape index (κ1) is 12.9. The Morgan fingerprint density at radius 3 is 1.88 bits per heavy atom. The van der Waals surface area contributed by atoms with Crippen molar-refractivity contribution < 1.29 is 28.3 Å². The monoisotopic (exact) mass is 232 g/mol. The van der Waals surface area contributed by atoms with E-state index in [0.717, 1.165) is 0 Å². The molecule has 0 aromatic carbocycles. The molecule has 0 radical (unpaired) electrons. The normalized spacial score (nSPS) is 18.9. The first-order valence-electron chi connectivity index (χ1n) is 5.18. The number of quaternary nitrogens is 1. The van der Waals surface area contributed by atoms with Crippen LogP contribution in [0.5, 0.6) is 0 Å². The van der Waals surface area contributed by atoms with Gasteiger partial charge < -0.3 is 18.7 Å². The second-order valence-corrected chi connectivity index (χ2v) is 3.87. The topological polar surface area (TPSA) is 61.8 Å². The summed E-state index contributed by atoms with van der Waals surface area (Å²) in [7, 11) is 2.69. The Hall–Kier alpha value is -1.14. The SMILES string of the molecule is COC(=O)C[N+]1(CC(=O)OC)CCOCC1. The number of carbonyl (C=O) groups is 2. The van der Waals surface area contributed by atoms with Gasteiger partial charge in [0.05, 0.1) is 27.4 Å². The van der Waals surface area contributed by atoms with E-state index in [1.807, 2.05) is 0 Å². The molecule has 0 amide bonds. The number of hydrogen-bond acceptors (Lipinski definition) is 5. The predicted molar refractivity (Wildman–Crippen MR) is 54.6 cm³/mol. The summed E-state index contributed by atoms with van der Waals surface area (Å²) in [6, 6.07) is 0. The maximum absolute atomic E-state index is 11.3. The van der Waals surface area contributed by atoms with Crippen molar-refractivity contribution in [2.24, 2.45) is 0 Å². The Kier molecular flexibility index (Phi) is 4.70. The van der Waals surface area contributed by atoms with Crippen LogP contribution in [0.4, 0.5) is 0 Å². The van der Waals surface area contributed by atoms with E-state index in [1.165, 1.54) is 14.2 Å². The van der Waals surface area contributed by atoms with Gasteiger partial charge in [-0.25, -0.2) is 9.59 Å². The Bertz CT molecular complexity index is 240. The molecule has 0 unspecified atom stereocenters. The van der Waals surface area contributed by atoms with Crippen LogP contribution in [0.15, 0.2) is 0 Å². The number of nitrogens with zero attached hydrogens (tertiary/aromatic N) is 1. The quantitative estimate of drug-likeness (QED) is 0.468. The Morgan fingerprint density at radius 1 is 1.06 bits per heavy atom. The standard InChI is InChI=1S/C10H18NO5/c1-14-9(12)7-11(8-10(13)15-2)3-5-16-6-4-11/h3-8H2,1-2H3/q+1. The Morgan fingerprint density at radius 2 is 1.50 bits per heavy atom. The minimum absolute atomic E-state index is 0.189. The van der Waals surface area contributed by atoms with Gasteiger partial charge in [-0.1, -0.05) is 0 Å². The number of morpholine rings is 1. The number of esters is 2. The number of carbonyl (C=O) groups excluding carboxylic acids is 2. The van der Waals surface area contributed by atoms with Crippen molar-refractivity contribution in [3.05, 3.63) is 0 Å². The first-order valence-corrected chi connectivity index (χ1v) is 5.18. The van der Waals surface area contributed by atoms with Crippen molar-refractivity contribution in [2.75, 3.05) is 53.6 Å². The lowest BCUT2D eigenvalue weighted by molar-refractivity contribution is -0.921. The highest BCUT2D eigenvalue weighted by Gasteiger charge is 2.36. The molecule has 16 heavy (non-hydrogen) atoms. The summed E-state index contributed by atoms with van der Waals surface area (Å²) in [4.78, 5) is 22.6. The van der Waals surface area contributed by atoms with E-state index in [4.69, 9.17) is 4.74 Å². The van der Waals surface area contributed by atoms with Gasteiger partial charge in [0, 0.05) is 0 Å². The molecule has 0 aliphatic carbocycles. The maximum atomic E-state index is 11.3. The van der Waals surface area contributed by atoms with Gasteiger partial charge in [-0.15, -0.1) is 0 Å². The molecule has 1 fully saturated rings. The first-order chi connectivity index (χ1) is 7.62. The van der Waals surface area contributed by atoms with E-state index in [-0.39, 0.29) is 25.0 Å². The van der Waals surface area contributed by atoms with Gasteiger partial charge in [-0.2, -0.15) is 0 Å². The van der Waals surface area contributed by atoms with Crippen molar-refractivity contribution >= 4 is 11.9 Å². The molecule has 0 saturated carbocycles. The van der Waals surface area contributed by atoms with Crippen LogP contribution in [0.1, 0.15) is 0 Å². The van der Waals surface area contributed by atoms with Gasteiger partial charge in [0.15, 0.2) is 13.1 Å². The van der Waals surface area contributed by atoms with Crippen LogP contribution in [0.25, 0.3) is 0 Å². The highest BCUT2D eigenvalue weighted by molar-refractivity contribution is 5.72. The second-order valence-electron chi connectivity index (χ2n) is 3.87. The third-order valence-electron chi connectivity index (χ3n) is 2.80. The zero-order chi connectivity index (χ0) is 12.0. The fourth-order valence-electron chi connectivity index (χ4n) is 1.78. The van der Waals surface area contributed by atoms with Crippen molar-refractivity contribution in [3.63, 3.8) is 0 Å². The molecule has 0 aromatic heterocycles. The highest BCUT2D eigenvalue weighted by Crippen LogP contribution is 2.12. The van der Waals surface area contributed by atoms with Crippen molar-refractivity contribution in [2.45, 2.75) is 0 Å². The molecule has 0 spiro atoms.